The molecule has 1 N–H and O–H groups in total. The molecule has 1 unspecified atom stereocenters. The average molecular weight is 419 g/mol. The fraction of sp³-hybridized carbons (Fsp3) is 0.240. The van der Waals surface area contributed by atoms with Crippen LogP contribution >= 0.6 is 7.79 Å². The number of rotatable bonds is 6. The molecule has 1 radical (unpaired) electrons. The maximum Gasteiger partial charge on any atom is 0.169 e. The molecule has 0 saturated carbocycles. The van der Waals surface area contributed by atoms with E-state index in [4.69, 9.17) is 0 Å². The third-order valence-electron chi connectivity index (χ3n) is 5.82. The van der Waals surface area contributed by atoms with Gasteiger partial charge in [-0.05, 0) is 43.7 Å². The Kier molecular flexibility index (Phi) is 5.90. The van der Waals surface area contributed by atoms with Crippen LogP contribution in [-0.4, -0.2) is 24.3 Å². The Hall–Kier alpha value is -2.68. The van der Waals surface area contributed by atoms with Gasteiger partial charge in [-0.3, -0.25) is 0 Å². The number of carbonyl (C=O) groups excluding carboxylic acids is 1. The Morgan fingerprint density at radius 2 is 1.30 bits per heavy atom. The molecule has 1 saturated heterocycles. The van der Waals surface area contributed by atoms with Crippen molar-refractivity contribution < 1.29 is 9.69 Å². The lowest BCUT2D eigenvalue weighted by Gasteiger charge is -2.47. The number of hydrogen-bond donors (Lipinski definition) is 1. The standard InChI is InChI=1S/C25H28N2O2P/c1-20-8-12-23(13-9-20)26-17-18-27(24-14-10-21(2)11-15-24)30(26,29)25(16-19-28)22-6-4-3-5-7-22/h3-15,19,25,29H,16-18H2,1-2H3. The van der Waals surface area contributed by atoms with E-state index in [0.29, 0.717) is 13.1 Å². The van der Waals surface area contributed by atoms with Crippen molar-refractivity contribution in [1.82, 2.24) is 0 Å². The molecule has 5 heteroatoms. The van der Waals surface area contributed by atoms with E-state index in [0.717, 1.165) is 23.2 Å². The highest BCUT2D eigenvalue weighted by molar-refractivity contribution is 7.74. The Morgan fingerprint density at radius 3 is 1.73 bits per heavy atom. The Bertz CT molecular complexity index is 936. The maximum atomic E-state index is 12.5. The molecule has 1 fully saturated rings. The van der Waals surface area contributed by atoms with E-state index in [-0.39, 0.29) is 12.1 Å². The molecule has 4 nitrogen and oxygen atoms in total. The van der Waals surface area contributed by atoms with Crippen molar-refractivity contribution in [3.05, 3.63) is 95.6 Å². The van der Waals surface area contributed by atoms with Crippen LogP contribution in [0.15, 0.2) is 78.9 Å². The van der Waals surface area contributed by atoms with E-state index in [2.05, 4.69) is 71.7 Å². The van der Waals surface area contributed by atoms with Gasteiger partial charge in [0.15, 0.2) is 7.79 Å². The van der Waals surface area contributed by atoms with Crippen LogP contribution in [0.25, 0.3) is 0 Å². The van der Waals surface area contributed by atoms with Gasteiger partial charge in [-0.15, -0.1) is 0 Å². The zero-order chi connectivity index (χ0) is 21.1. The van der Waals surface area contributed by atoms with Crippen molar-refractivity contribution in [3.8, 4) is 0 Å². The van der Waals surface area contributed by atoms with Gasteiger partial charge in [0.25, 0.3) is 0 Å². The molecular formula is C25H28N2O2P. The first kappa shape index (κ1) is 20.6. The van der Waals surface area contributed by atoms with Crippen LogP contribution < -0.4 is 9.34 Å². The molecule has 0 spiro atoms. The summed E-state index contributed by atoms with van der Waals surface area (Å²) in [6.45, 7) is 5.55. The fourth-order valence-corrected chi connectivity index (χ4v) is 7.81. The normalized spacial score (nSPS) is 16.5. The first-order valence-electron chi connectivity index (χ1n) is 10.3. The smallest absolute Gasteiger partial charge is 0.169 e. The summed E-state index contributed by atoms with van der Waals surface area (Å²) in [4.78, 5) is 24.2. The molecule has 1 atom stereocenters. The lowest BCUT2D eigenvalue weighted by atomic mass is 10.1. The Labute approximate surface area is 179 Å². The molecule has 0 amide bonds. The molecule has 155 valence electrons. The van der Waals surface area contributed by atoms with Crippen molar-refractivity contribution in [2.45, 2.75) is 25.9 Å². The highest BCUT2D eigenvalue weighted by atomic mass is 31.2. The second kappa shape index (κ2) is 8.59. The van der Waals surface area contributed by atoms with E-state index in [1.54, 1.807) is 0 Å². The van der Waals surface area contributed by atoms with E-state index in [1.807, 2.05) is 30.3 Å². The van der Waals surface area contributed by atoms with Crippen molar-refractivity contribution in [3.63, 3.8) is 0 Å². The Balaban J connectivity index is 1.86. The number of aldehydes is 1. The van der Waals surface area contributed by atoms with Gasteiger partial charge < -0.3 is 19.0 Å². The lowest BCUT2D eigenvalue weighted by Crippen LogP contribution is -2.29. The summed E-state index contributed by atoms with van der Waals surface area (Å²) in [6, 6.07) is 26.5. The highest BCUT2D eigenvalue weighted by Crippen LogP contribution is 2.75. The minimum Gasteiger partial charge on any atom is -0.345 e. The van der Waals surface area contributed by atoms with Gasteiger partial charge in [-0.2, -0.15) is 0 Å². The number of anilines is 2. The summed E-state index contributed by atoms with van der Waals surface area (Å²) in [5.41, 5.74) is 5.07. The molecule has 30 heavy (non-hydrogen) atoms. The van der Waals surface area contributed by atoms with Gasteiger partial charge >= 0.3 is 0 Å². The quantitative estimate of drug-likeness (QED) is 0.410. The highest BCUT2D eigenvalue weighted by Gasteiger charge is 2.51. The van der Waals surface area contributed by atoms with Crippen molar-refractivity contribution in [2.24, 2.45) is 0 Å². The molecule has 3 aromatic rings. The van der Waals surface area contributed by atoms with E-state index in [1.165, 1.54) is 11.1 Å². The molecule has 1 aliphatic rings. The molecule has 3 aromatic carbocycles. The molecule has 0 aromatic heterocycles. The molecular weight excluding hydrogens is 391 g/mol. The minimum atomic E-state index is -2.93. The van der Waals surface area contributed by atoms with Gasteiger partial charge in [0.1, 0.15) is 6.29 Å². The van der Waals surface area contributed by atoms with Crippen molar-refractivity contribution in [2.75, 3.05) is 22.4 Å². The molecule has 1 heterocycles. The number of hydrogen-bond acceptors (Lipinski definition) is 4. The zero-order valence-electron chi connectivity index (χ0n) is 17.5. The van der Waals surface area contributed by atoms with Crippen LogP contribution in [0.2, 0.25) is 0 Å². The third-order valence-corrected chi connectivity index (χ3v) is 9.45. The maximum absolute atomic E-state index is 12.5. The van der Waals surface area contributed by atoms with Gasteiger partial charge in [0.05, 0.1) is 5.66 Å². The van der Waals surface area contributed by atoms with E-state index < -0.39 is 7.79 Å². The predicted molar refractivity (Wildman–Crippen MR) is 126 cm³/mol. The third kappa shape index (κ3) is 3.74. The topological polar surface area (TPSA) is 43.8 Å². The summed E-state index contributed by atoms with van der Waals surface area (Å²) >= 11 is 0. The second-order valence-corrected chi connectivity index (χ2v) is 10.7. The number of carbonyl (C=O) groups is 1. The first-order valence-corrected chi connectivity index (χ1v) is 12.0. The van der Waals surface area contributed by atoms with Crippen LogP contribution in [0.4, 0.5) is 11.4 Å². The lowest BCUT2D eigenvalue weighted by molar-refractivity contribution is -0.107. The second-order valence-electron chi connectivity index (χ2n) is 7.86. The number of nitrogens with zero attached hydrogens (tertiary/aromatic N) is 2. The van der Waals surface area contributed by atoms with Crippen LogP contribution in [0, 0.1) is 13.8 Å². The summed E-state index contributed by atoms with van der Waals surface area (Å²) in [5, 5.41) is 0. The first-order chi connectivity index (χ1) is 14.5. The molecule has 0 aliphatic carbocycles. The zero-order valence-corrected chi connectivity index (χ0v) is 18.4. The number of benzene rings is 3. The van der Waals surface area contributed by atoms with Crippen LogP contribution in [0.3, 0.4) is 0 Å². The van der Waals surface area contributed by atoms with Crippen LogP contribution in [0.1, 0.15) is 28.8 Å². The SMILES string of the molecule is Cc1ccc(N2CCN(c3ccc(C)cc3)[P]2(O)C(CC=O)c2ccccc2)cc1. The predicted octanol–water partition coefficient (Wildman–Crippen LogP) is 5.72. The van der Waals surface area contributed by atoms with Crippen molar-refractivity contribution >= 4 is 25.5 Å². The summed E-state index contributed by atoms with van der Waals surface area (Å²) in [7, 11) is -2.93. The summed E-state index contributed by atoms with van der Waals surface area (Å²) in [6.07, 6.45) is 1.22. The largest absolute Gasteiger partial charge is 0.345 e. The molecule has 1 aliphatic heterocycles. The molecule has 4 rings (SSSR count). The minimum absolute atomic E-state index is 0.277. The van der Waals surface area contributed by atoms with Crippen molar-refractivity contribution in [1.29, 1.82) is 0 Å². The van der Waals surface area contributed by atoms with Gasteiger partial charge in [-0.25, -0.2) is 0 Å². The summed E-state index contributed by atoms with van der Waals surface area (Å²) in [5.74, 6) is 0. The van der Waals surface area contributed by atoms with E-state index in [9.17, 15) is 9.69 Å². The summed E-state index contributed by atoms with van der Waals surface area (Å²) < 4.78 is 4.29. The van der Waals surface area contributed by atoms with Crippen LogP contribution in [0.5, 0.6) is 0 Å². The Morgan fingerprint density at radius 1 is 0.833 bits per heavy atom. The van der Waals surface area contributed by atoms with Gasteiger partial charge in [0.2, 0.25) is 0 Å². The monoisotopic (exact) mass is 419 g/mol. The fourth-order valence-electron chi connectivity index (χ4n) is 4.23. The van der Waals surface area contributed by atoms with Gasteiger partial charge in [-0.1, -0.05) is 65.7 Å². The van der Waals surface area contributed by atoms with Gasteiger partial charge in [0, 0.05) is 30.9 Å². The number of aryl methyl sites for hydroxylation is 2. The average Bonchev–Trinajstić information content (AvgIpc) is 3.11. The van der Waals surface area contributed by atoms with Crippen LogP contribution in [-0.2, 0) is 4.79 Å². The van der Waals surface area contributed by atoms with E-state index >= 15 is 0 Å². The molecule has 0 bridgehead atoms.